The lowest BCUT2D eigenvalue weighted by Crippen LogP contribution is -2.17. The lowest BCUT2D eigenvalue weighted by molar-refractivity contribution is -0.491. The van der Waals surface area contributed by atoms with Gasteiger partial charge in [-0.2, -0.15) is 14.7 Å². The summed E-state index contributed by atoms with van der Waals surface area (Å²) in [6, 6.07) is 0. The van der Waals surface area contributed by atoms with Gasteiger partial charge in [0.25, 0.3) is 17.1 Å². The van der Waals surface area contributed by atoms with E-state index < -0.39 is 10.1 Å². The number of azide groups is 1. The number of H-pyrrole nitrogens is 1. The summed E-state index contributed by atoms with van der Waals surface area (Å²) in [5, 5.41) is 68.8. The van der Waals surface area contributed by atoms with Gasteiger partial charge in [0, 0.05) is 10.3 Å². The molecule has 4 aromatic rings. The van der Waals surface area contributed by atoms with E-state index in [0.29, 0.717) is 0 Å². The zero-order valence-electron chi connectivity index (χ0n) is 14.6. The minimum absolute atomic E-state index is 0.0440. The van der Waals surface area contributed by atoms with Crippen LogP contribution >= 0.6 is 0 Å². The largest absolute Gasteiger partial charge is 0.324 e. The molecule has 2 N–H and O–H groups in total. The Kier molecular flexibility index (Phi) is 5.66. The summed E-state index contributed by atoms with van der Waals surface area (Å²) in [5.41, 5.74) is 12.8. The summed E-state index contributed by atoms with van der Waals surface area (Å²) >= 11 is 0. The van der Waals surface area contributed by atoms with Crippen molar-refractivity contribution in [2.75, 3.05) is 5.43 Å². The second kappa shape index (κ2) is 8.84. The van der Waals surface area contributed by atoms with E-state index in [-0.39, 0.29) is 35.0 Å². The Morgan fingerprint density at radius 3 is 2.53 bits per heavy atom. The molecule has 4 aromatic heterocycles. The molecule has 0 atom stereocenters. The first-order chi connectivity index (χ1) is 15.4. The third-order valence-electron chi connectivity index (χ3n) is 2.73. The normalized spacial score (nSPS) is 10.5. The van der Waals surface area contributed by atoms with Gasteiger partial charge in [-0.15, -0.1) is 30.6 Å². The van der Waals surface area contributed by atoms with Gasteiger partial charge >= 0.3 is 16.7 Å². The van der Waals surface area contributed by atoms with Crippen molar-refractivity contribution in [3.63, 3.8) is 0 Å². The third-order valence-corrected chi connectivity index (χ3v) is 2.73. The Bertz CT molecular complexity index is 1460. The highest BCUT2D eigenvalue weighted by Crippen LogP contribution is 2.13. The van der Waals surface area contributed by atoms with Crippen molar-refractivity contribution in [1.82, 2.24) is 60.0 Å². The summed E-state index contributed by atoms with van der Waals surface area (Å²) in [6.07, 6.45) is 0. The third kappa shape index (κ3) is 4.59. The van der Waals surface area contributed by atoms with Crippen LogP contribution in [0.25, 0.3) is 32.5 Å². The summed E-state index contributed by atoms with van der Waals surface area (Å²) in [7, 11) is 0. The number of rotatable bonds is 5. The zero-order chi connectivity index (χ0) is 23.1. The number of anilines is 1. The van der Waals surface area contributed by atoms with Gasteiger partial charge in [-0.25, -0.2) is 25.3 Å². The fourth-order valence-electron chi connectivity index (χ4n) is 1.71. The molecule has 160 valence electrons. The van der Waals surface area contributed by atoms with E-state index in [1.807, 2.05) is 5.43 Å². The van der Waals surface area contributed by atoms with Crippen molar-refractivity contribution in [2.24, 2.45) is 10.2 Å². The Morgan fingerprint density at radius 2 is 1.84 bits per heavy atom. The van der Waals surface area contributed by atoms with Crippen molar-refractivity contribution < 1.29 is 10.1 Å². The van der Waals surface area contributed by atoms with Gasteiger partial charge in [0.1, 0.15) is 16.1 Å². The van der Waals surface area contributed by atoms with Crippen molar-refractivity contribution in [3.05, 3.63) is 46.8 Å². The SMILES string of the molecule is N#[N+]Nc1nnc2nnc([N-][N+](=O)[O-])n2n1.[N-]=[N+]=Nc1nnc2n[nH]/c(=N\[N+](=O)[O-])n2n1. The van der Waals surface area contributed by atoms with Crippen molar-refractivity contribution in [2.45, 2.75) is 0 Å². The number of hydrogen-bond acceptors (Lipinski definition) is 16. The molecule has 0 bridgehead atoms. The fraction of sp³-hybridized carbons (Fsp3) is 0. The number of nitro groups is 2. The first kappa shape index (κ1) is 20.5. The lowest BCUT2D eigenvalue weighted by atomic mass is 11.0. The van der Waals surface area contributed by atoms with Gasteiger partial charge in [-0.3, -0.25) is 9.61 Å². The summed E-state index contributed by atoms with van der Waals surface area (Å²) in [4.78, 5) is 22.7. The van der Waals surface area contributed by atoms with Crippen molar-refractivity contribution in [1.29, 1.82) is 5.39 Å². The molecule has 0 aromatic carbocycles. The molecule has 0 amide bonds. The molecule has 0 aliphatic heterocycles. The predicted molar refractivity (Wildman–Crippen MR) is 89.4 cm³/mol. The number of nitrogens with one attached hydrogen (secondary N) is 2. The lowest BCUT2D eigenvalue weighted by Gasteiger charge is -2.00. The molecule has 0 unspecified atom stereocenters. The maximum Gasteiger partial charge on any atom is 0.324 e. The van der Waals surface area contributed by atoms with E-state index >= 15 is 0 Å². The topological polar surface area (TPSA) is 342 Å². The first-order valence-corrected chi connectivity index (χ1v) is 7.26. The van der Waals surface area contributed by atoms with Gasteiger partial charge in [-0.1, -0.05) is 5.43 Å². The van der Waals surface area contributed by atoms with Gasteiger partial charge in [-0.05, 0) is 10.6 Å². The average Bonchev–Trinajstić information content (AvgIpc) is 3.32. The van der Waals surface area contributed by atoms with E-state index in [2.05, 4.69) is 76.6 Å². The molecule has 0 saturated carbocycles. The number of aromatic amines is 1. The number of fused-ring (bicyclic) bond motifs is 2. The van der Waals surface area contributed by atoms with Crippen LogP contribution in [0.2, 0.25) is 0 Å². The Balaban J connectivity index is 0.000000181. The van der Waals surface area contributed by atoms with E-state index in [1.54, 1.807) is 0 Å². The van der Waals surface area contributed by atoms with E-state index in [9.17, 15) is 20.2 Å². The summed E-state index contributed by atoms with van der Waals surface area (Å²) < 4.78 is 1.75. The highest BCUT2D eigenvalue weighted by Gasteiger charge is 2.08. The van der Waals surface area contributed by atoms with Crippen LogP contribution in [0.1, 0.15) is 0 Å². The van der Waals surface area contributed by atoms with Gasteiger partial charge in [0.05, 0.1) is 0 Å². The molecule has 4 heterocycles. The summed E-state index contributed by atoms with van der Waals surface area (Å²) in [5.74, 6) is -1.01. The number of aromatic nitrogens is 12. The molecule has 0 aliphatic rings. The van der Waals surface area contributed by atoms with Crippen LogP contribution in [-0.2, 0) is 0 Å². The molecule has 0 spiro atoms. The van der Waals surface area contributed by atoms with Crippen LogP contribution in [0.4, 0.5) is 17.8 Å². The standard InChI is InChI=1S/2C3HN11O2/c2*4-12-6-1-5-7-2-8-9-3(11-14(15)16)13(2)10-1/h(H-,6,9,10,11);(H,9,11). The monoisotopic (exact) mass is 446 g/mol. The van der Waals surface area contributed by atoms with E-state index in [1.165, 1.54) is 0 Å². The highest BCUT2D eigenvalue weighted by atomic mass is 16.7. The molecule has 0 aliphatic carbocycles. The molecule has 32 heavy (non-hydrogen) atoms. The smallest absolute Gasteiger partial charge is 0.265 e. The van der Waals surface area contributed by atoms with Gasteiger partial charge < -0.3 is 0 Å². The van der Waals surface area contributed by atoms with Crippen LogP contribution in [-0.4, -0.2) is 70.1 Å². The molecule has 0 fully saturated rings. The van der Waals surface area contributed by atoms with E-state index in [4.69, 9.17) is 10.9 Å². The molecule has 0 radical (unpaired) electrons. The minimum Gasteiger partial charge on any atom is -0.265 e. The second-order valence-electron chi connectivity index (χ2n) is 4.57. The molecular formula is C6H2N22O4. The fourth-order valence-corrected chi connectivity index (χ4v) is 1.71. The molecule has 0 saturated heterocycles. The Hall–Kier alpha value is -6.25. The zero-order valence-corrected chi connectivity index (χ0v) is 14.6. The number of nitrogens with zero attached hydrogens (tertiary/aromatic N) is 20. The maximum atomic E-state index is 10.2. The average molecular weight is 446 g/mol. The van der Waals surface area contributed by atoms with Crippen molar-refractivity contribution >= 4 is 29.4 Å². The Morgan fingerprint density at radius 1 is 1.09 bits per heavy atom. The highest BCUT2D eigenvalue weighted by molar-refractivity contribution is 5.38. The Labute approximate surface area is 168 Å². The molecule has 4 rings (SSSR count). The first-order valence-electron chi connectivity index (χ1n) is 7.26. The van der Waals surface area contributed by atoms with Crippen LogP contribution < -0.4 is 11.0 Å². The second-order valence-corrected chi connectivity index (χ2v) is 4.57. The predicted octanol–water partition coefficient (Wildman–Crippen LogP) is -1.83. The summed E-state index contributed by atoms with van der Waals surface area (Å²) in [6.45, 7) is 0. The number of diazo groups is 1. The van der Waals surface area contributed by atoms with Gasteiger partial charge in [0.15, 0.2) is 5.03 Å². The van der Waals surface area contributed by atoms with Crippen LogP contribution in [0.3, 0.4) is 0 Å². The molecular weight excluding hydrogens is 444 g/mol. The van der Waals surface area contributed by atoms with Crippen LogP contribution in [0.5, 0.6) is 0 Å². The maximum absolute atomic E-state index is 10.2. The van der Waals surface area contributed by atoms with Crippen LogP contribution in [0.15, 0.2) is 10.2 Å². The minimum atomic E-state index is -0.956. The number of hydrogen-bond donors (Lipinski definition) is 2. The van der Waals surface area contributed by atoms with Crippen LogP contribution in [0, 0.1) is 25.6 Å². The molecule has 26 nitrogen and oxygen atoms in total. The van der Waals surface area contributed by atoms with Gasteiger partial charge in [0.2, 0.25) is 5.78 Å². The quantitative estimate of drug-likeness (QED) is 0.0849. The molecule has 26 heteroatoms. The van der Waals surface area contributed by atoms with E-state index in [0.717, 1.165) is 9.03 Å². The van der Waals surface area contributed by atoms with Crippen molar-refractivity contribution in [3.8, 4) is 0 Å².